The normalized spacial score (nSPS) is 32.2. The molecule has 1 unspecified atom stereocenters. The number of alkyl halides is 2. The smallest absolute Gasteiger partial charge is 0.192 e. The Morgan fingerprint density at radius 3 is 2.80 bits per heavy atom. The summed E-state index contributed by atoms with van der Waals surface area (Å²) in [5, 5.41) is 2.87. The monoisotopic (exact) mass is 339 g/mol. The second-order valence-corrected chi connectivity index (χ2v) is 6.48. The number of nitrogens with one attached hydrogen (secondary N) is 1. The largest absolute Gasteiger partial charge is 0.472 e. The lowest BCUT2D eigenvalue weighted by molar-refractivity contribution is 0.286. The number of benzene rings is 1. The van der Waals surface area contributed by atoms with E-state index in [-0.39, 0.29) is 23.6 Å². The molecule has 3 atom stereocenters. The summed E-state index contributed by atoms with van der Waals surface area (Å²) in [5.74, 6) is 0.396. The molecule has 3 rings (SSSR count). The third-order valence-corrected chi connectivity index (χ3v) is 5.02. The molecule has 2 nitrogen and oxygen atoms in total. The first-order valence-electron chi connectivity index (χ1n) is 6.51. The molecule has 1 aromatic carbocycles. The molecule has 6 heteroatoms. The lowest BCUT2D eigenvalue weighted by Gasteiger charge is -2.35. The van der Waals surface area contributed by atoms with Crippen molar-refractivity contribution in [1.29, 1.82) is 0 Å². The van der Waals surface area contributed by atoms with Crippen LogP contribution in [0.4, 0.5) is 4.39 Å². The van der Waals surface area contributed by atoms with Crippen molar-refractivity contribution in [3.8, 4) is 5.75 Å². The number of rotatable bonds is 1. The Bertz CT molecular complexity index is 505. The highest BCUT2D eigenvalue weighted by Gasteiger charge is 2.39. The van der Waals surface area contributed by atoms with Gasteiger partial charge in [0.1, 0.15) is 16.9 Å². The number of ether oxygens (including phenoxy) is 1. The summed E-state index contributed by atoms with van der Waals surface area (Å²) in [4.78, 5) is 0. The van der Waals surface area contributed by atoms with Crippen molar-refractivity contribution in [1.82, 2.24) is 5.32 Å². The van der Waals surface area contributed by atoms with Gasteiger partial charge in [0, 0.05) is 23.1 Å². The molecule has 0 radical (unpaired) electrons. The Morgan fingerprint density at radius 2 is 2.15 bits per heavy atom. The van der Waals surface area contributed by atoms with Crippen LogP contribution < -0.4 is 10.1 Å². The summed E-state index contributed by atoms with van der Waals surface area (Å²) in [6, 6.07) is 2.99. The average Bonchev–Trinajstić information content (AvgIpc) is 2.66. The average molecular weight is 341 g/mol. The molecule has 112 valence electrons. The highest BCUT2D eigenvalue weighted by atomic mass is 35.5. The van der Waals surface area contributed by atoms with Gasteiger partial charge in [0.2, 0.25) is 0 Å². The van der Waals surface area contributed by atoms with Crippen LogP contribution in [0, 0.1) is 5.82 Å². The maximum atomic E-state index is 13.9. The van der Waals surface area contributed by atoms with Crippen LogP contribution in [0.25, 0.3) is 0 Å². The van der Waals surface area contributed by atoms with Gasteiger partial charge in [-0.2, -0.15) is 0 Å². The van der Waals surface area contributed by atoms with Crippen LogP contribution in [-0.2, 0) is 5.41 Å². The Morgan fingerprint density at radius 1 is 1.40 bits per heavy atom. The van der Waals surface area contributed by atoms with E-state index in [4.69, 9.17) is 27.9 Å². The molecule has 0 aliphatic carbocycles. The highest BCUT2D eigenvalue weighted by Crippen LogP contribution is 2.49. The van der Waals surface area contributed by atoms with E-state index < -0.39 is 10.9 Å². The van der Waals surface area contributed by atoms with Crippen LogP contribution in [0.2, 0.25) is 0 Å². The zero-order valence-corrected chi connectivity index (χ0v) is 13.4. The Kier molecular flexibility index (Phi) is 4.75. The second kappa shape index (κ2) is 5.88. The van der Waals surface area contributed by atoms with E-state index in [2.05, 4.69) is 12.2 Å². The van der Waals surface area contributed by atoms with Gasteiger partial charge in [0.05, 0.1) is 0 Å². The van der Waals surface area contributed by atoms with Gasteiger partial charge in [-0.3, -0.25) is 0 Å². The zero-order valence-electron chi connectivity index (χ0n) is 11.1. The van der Waals surface area contributed by atoms with Crippen molar-refractivity contribution >= 4 is 35.6 Å². The molecule has 0 saturated carbocycles. The van der Waals surface area contributed by atoms with Crippen molar-refractivity contribution in [2.24, 2.45) is 0 Å². The molecule has 2 aliphatic heterocycles. The van der Waals surface area contributed by atoms with E-state index in [1.165, 1.54) is 6.07 Å². The first kappa shape index (κ1) is 16.2. The summed E-state index contributed by atoms with van der Waals surface area (Å²) >= 11 is 12.2. The van der Waals surface area contributed by atoms with Gasteiger partial charge in [-0.1, -0.05) is 18.5 Å². The standard InChI is InChI=1S/C14H16Cl2FNO.ClH/c1-14(3-2-4-18-7-14)10-6-8(17)5-9-11(15)13(16)19-12(9)10;/h5-6,11,13,18H,2-4,7H2,1H3;1H/t11-,13+,14?;/m1./s1. The number of hydrogen-bond donors (Lipinski definition) is 1. The lowest BCUT2D eigenvalue weighted by atomic mass is 9.75. The van der Waals surface area contributed by atoms with E-state index in [0.29, 0.717) is 11.3 Å². The predicted molar refractivity (Wildman–Crippen MR) is 82.0 cm³/mol. The van der Waals surface area contributed by atoms with E-state index in [0.717, 1.165) is 31.5 Å². The van der Waals surface area contributed by atoms with Gasteiger partial charge >= 0.3 is 0 Å². The maximum Gasteiger partial charge on any atom is 0.192 e. The molecule has 1 fully saturated rings. The molecule has 2 aliphatic rings. The Labute approximate surface area is 134 Å². The van der Waals surface area contributed by atoms with E-state index in [9.17, 15) is 4.39 Å². The molecular formula is C14H17Cl3FNO. The van der Waals surface area contributed by atoms with Crippen LogP contribution >= 0.6 is 35.6 Å². The van der Waals surface area contributed by atoms with Gasteiger partial charge < -0.3 is 10.1 Å². The summed E-state index contributed by atoms with van der Waals surface area (Å²) < 4.78 is 19.5. The van der Waals surface area contributed by atoms with Crippen LogP contribution in [-0.4, -0.2) is 18.7 Å². The predicted octanol–water partition coefficient (Wildman–Crippen LogP) is 4.13. The molecule has 2 heterocycles. The van der Waals surface area contributed by atoms with Gasteiger partial charge in [0.25, 0.3) is 0 Å². The Balaban J connectivity index is 0.00000147. The number of hydrogen-bond acceptors (Lipinski definition) is 2. The molecule has 1 saturated heterocycles. The Hall–Kier alpha value is -0.220. The van der Waals surface area contributed by atoms with Gasteiger partial charge in [-0.05, 0) is 31.5 Å². The van der Waals surface area contributed by atoms with Crippen molar-refractivity contribution in [2.45, 2.75) is 36.1 Å². The molecule has 1 aromatic rings. The molecule has 0 spiro atoms. The lowest BCUT2D eigenvalue weighted by Crippen LogP contribution is -2.41. The molecule has 1 N–H and O–H groups in total. The molecule has 0 aromatic heterocycles. The third-order valence-electron chi connectivity index (χ3n) is 4.09. The number of fused-ring (bicyclic) bond motifs is 1. The fraction of sp³-hybridized carbons (Fsp3) is 0.571. The third kappa shape index (κ3) is 2.61. The SMILES string of the molecule is CC1(c2cc(F)cc3c2O[C@H](Cl)[C@@H]3Cl)CCCNC1.Cl. The molecule has 0 bridgehead atoms. The summed E-state index contributed by atoms with van der Waals surface area (Å²) in [7, 11) is 0. The topological polar surface area (TPSA) is 21.3 Å². The van der Waals surface area contributed by atoms with Crippen LogP contribution in [0.1, 0.15) is 36.3 Å². The number of halogens is 4. The van der Waals surface area contributed by atoms with Crippen LogP contribution in [0.15, 0.2) is 12.1 Å². The van der Waals surface area contributed by atoms with Crippen molar-refractivity contribution in [3.05, 3.63) is 29.1 Å². The van der Waals surface area contributed by atoms with E-state index >= 15 is 0 Å². The number of piperidine rings is 1. The van der Waals surface area contributed by atoms with Crippen molar-refractivity contribution in [2.75, 3.05) is 13.1 Å². The quantitative estimate of drug-likeness (QED) is 0.776. The fourth-order valence-corrected chi connectivity index (χ4v) is 3.44. The molecule has 20 heavy (non-hydrogen) atoms. The zero-order chi connectivity index (χ0) is 13.6. The molecular weight excluding hydrogens is 324 g/mol. The summed E-state index contributed by atoms with van der Waals surface area (Å²) in [6.07, 6.45) is 2.07. The first-order chi connectivity index (χ1) is 9.01. The van der Waals surface area contributed by atoms with Crippen LogP contribution in [0.3, 0.4) is 0 Å². The first-order valence-corrected chi connectivity index (χ1v) is 7.38. The van der Waals surface area contributed by atoms with Crippen molar-refractivity contribution in [3.63, 3.8) is 0 Å². The molecule has 0 amide bonds. The van der Waals surface area contributed by atoms with Crippen LogP contribution in [0.5, 0.6) is 5.75 Å². The minimum atomic E-state index is -0.627. The van der Waals surface area contributed by atoms with Gasteiger partial charge in [-0.25, -0.2) is 4.39 Å². The van der Waals surface area contributed by atoms with E-state index in [1.54, 1.807) is 6.07 Å². The second-order valence-electron chi connectivity index (χ2n) is 5.58. The fourth-order valence-electron chi connectivity index (χ4n) is 3.00. The van der Waals surface area contributed by atoms with Crippen molar-refractivity contribution < 1.29 is 9.13 Å². The van der Waals surface area contributed by atoms with E-state index in [1.807, 2.05) is 0 Å². The van der Waals surface area contributed by atoms with Gasteiger partial charge in [-0.15, -0.1) is 24.0 Å². The van der Waals surface area contributed by atoms with Gasteiger partial charge in [0.15, 0.2) is 5.56 Å². The minimum Gasteiger partial charge on any atom is -0.472 e. The summed E-state index contributed by atoms with van der Waals surface area (Å²) in [6.45, 7) is 3.94. The minimum absolute atomic E-state index is 0. The summed E-state index contributed by atoms with van der Waals surface area (Å²) in [5.41, 5.74) is 0.784. The maximum absolute atomic E-state index is 13.9. The highest BCUT2D eigenvalue weighted by molar-refractivity contribution is 6.30.